The number of carboxylic acid groups (broad SMARTS) is 1. The lowest BCUT2D eigenvalue weighted by Crippen LogP contribution is -2.45. The van der Waals surface area contributed by atoms with E-state index in [9.17, 15) is 14.7 Å². The maximum absolute atomic E-state index is 12.4. The number of aromatic nitrogens is 3. The van der Waals surface area contributed by atoms with Crippen LogP contribution in [0.1, 0.15) is 55.5 Å². The highest BCUT2D eigenvalue weighted by Gasteiger charge is 2.32. The molecular weight excluding hydrogens is 260 g/mol. The molecule has 1 atom stereocenters. The van der Waals surface area contributed by atoms with E-state index in [2.05, 4.69) is 15.2 Å². The van der Waals surface area contributed by atoms with Crippen molar-refractivity contribution >= 4 is 11.9 Å². The molecule has 1 saturated heterocycles. The van der Waals surface area contributed by atoms with Gasteiger partial charge in [0.1, 0.15) is 11.9 Å². The number of carbonyl (C=O) groups excluding carboxylic acids is 1. The molecular formula is C13H20N4O3. The molecule has 1 unspecified atom stereocenters. The van der Waals surface area contributed by atoms with Crippen LogP contribution in [-0.4, -0.2) is 49.7 Å². The van der Waals surface area contributed by atoms with E-state index in [1.807, 2.05) is 6.92 Å². The van der Waals surface area contributed by atoms with Crippen LogP contribution >= 0.6 is 0 Å². The summed E-state index contributed by atoms with van der Waals surface area (Å²) in [5.74, 6) is -0.610. The molecule has 0 bridgehead atoms. The van der Waals surface area contributed by atoms with Gasteiger partial charge in [-0.3, -0.25) is 9.89 Å². The Morgan fingerprint density at radius 1 is 1.40 bits per heavy atom. The first-order valence-electron chi connectivity index (χ1n) is 7.08. The zero-order valence-corrected chi connectivity index (χ0v) is 11.6. The maximum atomic E-state index is 12.4. The third kappa shape index (κ3) is 3.15. The zero-order valence-electron chi connectivity index (χ0n) is 11.6. The van der Waals surface area contributed by atoms with Crippen molar-refractivity contribution in [1.29, 1.82) is 0 Å². The molecule has 1 aliphatic heterocycles. The molecule has 110 valence electrons. The van der Waals surface area contributed by atoms with Crippen LogP contribution in [0, 0.1) is 0 Å². The topological polar surface area (TPSA) is 99.2 Å². The molecule has 20 heavy (non-hydrogen) atoms. The molecule has 7 heteroatoms. The summed E-state index contributed by atoms with van der Waals surface area (Å²) in [5.41, 5.74) is 0. The second-order valence-corrected chi connectivity index (χ2v) is 5.06. The number of hydrogen-bond donors (Lipinski definition) is 2. The third-order valence-corrected chi connectivity index (χ3v) is 3.51. The van der Waals surface area contributed by atoms with Gasteiger partial charge in [0.2, 0.25) is 5.82 Å². The normalized spacial score (nSPS) is 19.6. The fourth-order valence-electron chi connectivity index (χ4n) is 2.48. The van der Waals surface area contributed by atoms with Gasteiger partial charge in [-0.15, -0.1) is 5.10 Å². The van der Waals surface area contributed by atoms with Gasteiger partial charge in [0.05, 0.1) is 0 Å². The molecule has 2 N–H and O–H groups in total. The summed E-state index contributed by atoms with van der Waals surface area (Å²) < 4.78 is 0. The molecule has 1 aliphatic rings. The van der Waals surface area contributed by atoms with Crippen molar-refractivity contribution in [2.24, 2.45) is 0 Å². The number of aliphatic carboxylic acids is 1. The minimum atomic E-state index is -0.954. The molecule has 0 aliphatic carbocycles. The van der Waals surface area contributed by atoms with Gasteiger partial charge in [0, 0.05) is 13.0 Å². The number of amides is 1. The molecule has 2 heterocycles. The van der Waals surface area contributed by atoms with E-state index in [-0.39, 0.29) is 5.82 Å². The predicted molar refractivity (Wildman–Crippen MR) is 71.3 cm³/mol. The summed E-state index contributed by atoms with van der Waals surface area (Å²) in [5, 5.41) is 15.9. The number of H-pyrrole nitrogens is 1. The Kier molecular flexibility index (Phi) is 4.70. The summed E-state index contributed by atoms with van der Waals surface area (Å²) >= 11 is 0. The number of aromatic amines is 1. The van der Waals surface area contributed by atoms with Gasteiger partial charge in [-0.2, -0.15) is 0 Å². The molecule has 0 aromatic carbocycles. The fourth-order valence-corrected chi connectivity index (χ4v) is 2.48. The number of rotatable bonds is 4. The maximum Gasteiger partial charge on any atom is 0.326 e. The van der Waals surface area contributed by atoms with E-state index < -0.39 is 17.9 Å². The average Bonchev–Trinajstić information content (AvgIpc) is 2.74. The van der Waals surface area contributed by atoms with Crippen LogP contribution in [-0.2, 0) is 11.2 Å². The Bertz CT molecular complexity index is 486. The lowest BCUT2D eigenvalue weighted by atomic mass is 10.1. The van der Waals surface area contributed by atoms with Crippen molar-refractivity contribution in [3.05, 3.63) is 11.6 Å². The van der Waals surface area contributed by atoms with Crippen molar-refractivity contribution in [2.75, 3.05) is 6.54 Å². The number of carboxylic acids is 1. The van der Waals surface area contributed by atoms with E-state index >= 15 is 0 Å². The highest BCUT2D eigenvalue weighted by atomic mass is 16.4. The fraction of sp³-hybridized carbons (Fsp3) is 0.692. The lowest BCUT2D eigenvalue weighted by molar-refractivity contribution is -0.142. The van der Waals surface area contributed by atoms with Crippen molar-refractivity contribution in [3.63, 3.8) is 0 Å². The van der Waals surface area contributed by atoms with Crippen LogP contribution in [0.15, 0.2) is 0 Å². The van der Waals surface area contributed by atoms with E-state index in [0.717, 1.165) is 32.1 Å². The number of nitrogens with one attached hydrogen (secondary N) is 1. The molecule has 2 rings (SSSR count). The van der Waals surface area contributed by atoms with Gasteiger partial charge < -0.3 is 10.0 Å². The first-order chi connectivity index (χ1) is 9.63. The number of aryl methyl sites for hydroxylation is 1. The number of nitrogens with zero attached hydrogens (tertiary/aromatic N) is 3. The monoisotopic (exact) mass is 280 g/mol. The molecule has 1 aromatic heterocycles. The van der Waals surface area contributed by atoms with E-state index in [1.54, 1.807) is 0 Å². The number of carbonyl (C=O) groups is 2. The Hall–Kier alpha value is -1.92. The predicted octanol–water partition coefficient (Wildman–Crippen LogP) is 1.23. The van der Waals surface area contributed by atoms with Crippen LogP contribution in [0.5, 0.6) is 0 Å². The molecule has 0 spiro atoms. The van der Waals surface area contributed by atoms with Gasteiger partial charge in [-0.1, -0.05) is 19.8 Å². The summed E-state index contributed by atoms with van der Waals surface area (Å²) in [6, 6.07) is -0.766. The smallest absolute Gasteiger partial charge is 0.326 e. The van der Waals surface area contributed by atoms with E-state index in [1.165, 1.54) is 4.90 Å². The zero-order chi connectivity index (χ0) is 14.5. The Labute approximate surface area is 117 Å². The highest BCUT2D eigenvalue weighted by Crippen LogP contribution is 2.18. The molecule has 7 nitrogen and oxygen atoms in total. The first-order valence-corrected chi connectivity index (χ1v) is 7.08. The van der Waals surface area contributed by atoms with Crippen LogP contribution in [0.2, 0.25) is 0 Å². The average molecular weight is 280 g/mol. The Morgan fingerprint density at radius 3 is 2.90 bits per heavy atom. The third-order valence-electron chi connectivity index (χ3n) is 3.51. The van der Waals surface area contributed by atoms with E-state index in [0.29, 0.717) is 18.8 Å². The van der Waals surface area contributed by atoms with Crippen LogP contribution in [0.4, 0.5) is 0 Å². The summed E-state index contributed by atoms with van der Waals surface area (Å²) in [6.45, 7) is 2.47. The van der Waals surface area contributed by atoms with Gasteiger partial charge in [-0.25, -0.2) is 9.78 Å². The van der Waals surface area contributed by atoms with Crippen LogP contribution in [0.25, 0.3) is 0 Å². The molecule has 1 fully saturated rings. The Morgan fingerprint density at radius 2 is 2.20 bits per heavy atom. The highest BCUT2D eigenvalue weighted by molar-refractivity contribution is 5.93. The molecule has 1 amide bonds. The first kappa shape index (κ1) is 14.5. The molecule has 0 saturated carbocycles. The second-order valence-electron chi connectivity index (χ2n) is 5.06. The largest absolute Gasteiger partial charge is 0.480 e. The summed E-state index contributed by atoms with van der Waals surface area (Å²) in [7, 11) is 0. The summed E-state index contributed by atoms with van der Waals surface area (Å²) in [4.78, 5) is 29.3. The number of hydrogen-bond acceptors (Lipinski definition) is 4. The minimum Gasteiger partial charge on any atom is -0.480 e. The van der Waals surface area contributed by atoms with Gasteiger partial charge >= 0.3 is 5.97 Å². The quantitative estimate of drug-likeness (QED) is 0.864. The van der Waals surface area contributed by atoms with Gasteiger partial charge in [-0.05, 0) is 19.3 Å². The SMILES string of the molecule is CCCc1nc(C(=O)N2CCCCCC2C(=O)O)n[nH]1. The molecule has 1 aromatic rings. The van der Waals surface area contributed by atoms with Crippen molar-refractivity contribution in [2.45, 2.75) is 51.5 Å². The molecule has 0 radical (unpaired) electrons. The summed E-state index contributed by atoms with van der Waals surface area (Å²) in [6.07, 6.45) is 4.72. The number of likely N-dealkylation sites (tertiary alicyclic amines) is 1. The standard InChI is InChI=1S/C13H20N4O3/c1-2-6-10-14-11(16-15-10)12(18)17-8-5-3-4-7-9(17)13(19)20/h9H,2-8H2,1H3,(H,19,20)(H,14,15,16). The van der Waals surface area contributed by atoms with Crippen LogP contribution in [0.3, 0.4) is 0 Å². The van der Waals surface area contributed by atoms with E-state index in [4.69, 9.17) is 0 Å². The second kappa shape index (κ2) is 6.49. The minimum absolute atomic E-state index is 0.0709. The Balaban J connectivity index is 2.17. The van der Waals surface area contributed by atoms with Crippen molar-refractivity contribution in [3.8, 4) is 0 Å². The lowest BCUT2D eigenvalue weighted by Gasteiger charge is -2.25. The van der Waals surface area contributed by atoms with Gasteiger partial charge in [0.15, 0.2) is 0 Å². The van der Waals surface area contributed by atoms with Crippen molar-refractivity contribution in [1.82, 2.24) is 20.1 Å². The van der Waals surface area contributed by atoms with Crippen LogP contribution < -0.4 is 0 Å². The van der Waals surface area contributed by atoms with Gasteiger partial charge in [0.25, 0.3) is 5.91 Å². The van der Waals surface area contributed by atoms with Crippen molar-refractivity contribution < 1.29 is 14.7 Å².